The van der Waals surface area contributed by atoms with Crippen LogP contribution in [0.25, 0.3) is 0 Å². The van der Waals surface area contributed by atoms with Crippen molar-refractivity contribution in [1.82, 2.24) is 9.80 Å². The molecule has 0 aromatic carbocycles. The zero-order valence-corrected chi connectivity index (χ0v) is 11.5. The predicted molar refractivity (Wildman–Crippen MR) is 71.7 cm³/mol. The average molecular weight is 244 g/mol. The molecular formula is C12H28N4O. The van der Waals surface area contributed by atoms with Crippen molar-refractivity contribution in [3.63, 3.8) is 0 Å². The van der Waals surface area contributed by atoms with Crippen LogP contribution in [-0.4, -0.2) is 61.0 Å². The molecule has 17 heavy (non-hydrogen) atoms. The summed E-state index contributed by atoms with van der Waals surface area (Å²) in [4.78, 5) is 15.5. The number of nitrogens with two attached hydrogens (primary N) is 2. The molecule has 0 saturated carbocycles. The fourth-order valence-electron chi connectivity index (χ4n) is 1.80. The van der Waals surface area contributed by atoms with Crippen molar-refractivity contribution < 1.29 is 4.79 Å². The van der Waals surface area contributed by atoms with Crippen LogP contribution >= 0.6 is 0 Å². The number of carbonyl (C=O) groups excluding carboxylic acids is 1. The summed E-state index contributed by atoms with van der Waals surface area (Å²) in [7, 11) is 0. The summed E-state index contributed by atoms with van der Waals surface area (Å²) in [5.74, 6) is -0.424. The molecule has 1 unspecified atom stereocenters. The van der Waals surface area contributed by atoms with E-state index in [0.717, 1.165) is 39.1 Å². The molecule has 102 valence electrons. The Hall–Kier alpha value is -0.650. The van der Waals surface area contributed by atoms with Crippen LogP contribution in [0.1, 0.15) is 27.2 Å². The molecule has 0 aliphatic heterocycles. The van der Waals surface area contributed by atoms with Crippen LogP contribution in [0.15, 0.2) is 0 Å². The Morgan fingerprint density at radius 1 is 1.06 bits per heavy atom. The monoisotopic (exact) mass is 244 g/mol. The normalized spacial score (nSPS) is 13.3. The van der Waals surface area contributed by atoms with Gasteiger partial charge in [0.15, 0.2) is 0 Å². The molecule has 0 aromatic heterocycles. The second-order valence-electron chi connectivity index (χ2n) is 4.28. The molecule has 5 heteroatoms. The lowest BCUT2D eigenvalue weighted by Crippen LogP contribution is -2.46. The average Bonchev–Trinajstić information content (AvgIpc) is 2.32. The van der Waals surface area contributed by atoms with E-state index in [0.29, 0.717) is 6.54 Å². The van der Waals surface area contributed by atoms with Crippen LogP contribution in [0, 0.1) is 0 Å². The van der Waals surface area contributed by atoms with E-state index in [9.17, 15) is 4.79 Å². The molecule has 0 saturated heterocycles. The Labute approximate surface area is 105 Å². The first-order valence-corrected chi connectivity index (χ1v) is 6.54. The van der Waals surface area contributed by atoms with Gasteiger partial charge in [0.2, 0.25) is 5.91 Å². The maximum absolute atomic E-state index is 10.9. The van der Waals surface area contributed by atoms with Crippen molar-refractivity contribution >= 4 is 5.91 Å². The van der Waals surface area contributed by atoms with E-state index < -0.39 is 11.9 Å². The van der Waals surface area contributed by atoms with Gasteiger partial charge in [-0.25, -0.2) is 0 Å². The largest absolute Gasteiger partial charge is 0.368 e. The van der Waals surface area contributed by atoms with Crippen molar-refractivity contribution in [2.24, 2.45) is 11.5 Å². The summed E-state index contributed by atoms with van der Waals surface area (Å²) >= 11 is 0. The number of hydrogen-bond acceptors (Lipinski definition) is 4. The Morgan fingerprint density at radius 2 is 1.53 bits per heavy atom. The van der Waals surface area contributed by atoms with Gasteiger partial charge in [0, 0.05) is 6.54 Å². The number of rotatable bonds is 10. The van der Waals surface area contributed by atoms with E-state index in [4.69, 9.17) is 11.5 Å². The van der Waals surface area contributed by atoms with E-state index in [1.165, 1.54) is 0 Å². The minimum atomic E-state index is -0.552. The fourth-order valence-corrected chi connectivity index (χ4v) is 1.80. The van der Waals surface area contributed by atoms with E-state index in [2.05, 4.69) is 30.6 Å². The molecule has 1 atom stereocenters. The molecule has 0 aromatic rings. The molecule has 5 nitrogen and oxygen atoms in total. The summed E-state index contributed by atoms with van der Waals surface area (Å²) < 4.78 is 0. The molecule has 0 radical (unpaired) electrons. The molecule has 0 fully saturated rings. The highest BCUT2D eigenvalue weighted by molar-refractivity contribution is 5.79. The zero-order chi connectivity index (χ0) is 13.3. The number of nitrogens with zero attached hydrogens (tertiary/aromatic N) is 2. The lowest BCUT2D eigenvalue weighted by Gasteiger charge is -2.24. The maximum atomic E-state index is 10.9. The van der Waals surface area contributed by atoms with Crippen molar-refractivity contribution in [2.75, 3.05) is 39.3 Å². The third-order valence-electron chi connectivity index (χ3n) is 3.11. The highest BCUT2D eigenvalue weighted by Crippen LogP contribution is 1.96. The Bertz CT molecular complexity index is 207. The number of amides is 1. The standard InChI is InChI=1S/C12H28N4O/c1-4-15(5-2)8-7-9-16(6-3)10-11(13)12(14)17/h11H,4-10,13H2,1-3H3,(H2,14,17). The van der Waals surface area contributed by atoms with E-state index in [1.807, 2.05) is 0 Å². The van der Waals surface area contributed by atoms with Crippen molar-refractivity contribution in [3.8, 4) is 0 Å². The van der Waals surface area contributed by atoms with Crippen LogP contribution in [0.3, 0.4) is 0 Å². The molecule has 1 amide bonds. The van der Waals surface area contributed by atoms with Crippen molar-refractivity contribution in [1.29, 1.82) is 0 Å². The van der Waals surface area contributed by atoms with Gasteiger partial charge in [-0.2, -0.15) is 0 Å². The van der Waals surface area contributed by atoms with Gasteiger partial charge in [-0.15, -0.1) is 0 Å². The summed E-state index contributed by atoms with van der Waals surface area (Å²) in [5.41, 5.74) is 10.8. The van der Waals surface area contributed by atoms with E-state index >= 15 is 0 Å². The van der Waals surface area contributed by atoms with Crippen molar-refractivity contribution in [2.45, 2.75) is 33.2 Å². The Morgan fingerprint density at radius 3 is 1.94 bits per heavy atom. The SMILES string of the molecule is CCN(CC)CCCN(CC)CC(N)C(N)=O. The predicted octanol–water partition coefficient (Wildman–Crippen LogP) is -0.147. The number of carbonyl (C=O) groups is 1. The number of hydrogen-bond donors (Lipinski definition) is 2. The van der Waals surface area contributed by atoms with Gasteiger partial charge >= 0.3 is 0 Å². The van der Waals surface area contributed by atoms with Gasteiger partial charge in [-0.05, 0) is 39.1 Å². The second-order valence-corrected chi connectivity index (χ2v) is 4.28. The molecule has 0 bridgehead atoms. The lowest BCUT2D eigenvalue weighted by atomic mass is 10.2. The fraction of sp³-hybridized carbons (Fsp3) is 0.917. The van der Waals surface area contributed by atoms with Crippen LogP contribution < -0.4 is 11.5 Å². The number of primary amides is 1. The van der Waals surface area contributed by atoms with Crippen LogP contribution in [-0.2, 0) is 4.79 Å². The van der Waals surface area contributed by atoms with Crippen LogP contribution in [0.2, 0.25) is 0 Å². The molecule has 0 rings (SSSR count). The first-order valence-electron chi connectivity index (χ1n) is 6.54. The minimum absolute atomic E-state index is 0.424. The lowest BCUT2D eigenvalue weighted by molar-refractivity contribution is -0.119. The maximum Gasteiger partial charge on any atom is 0.235 e. The first-order chi connectivity index (χ1) is 8.04. The van der Waals surface area contributed by atoms with Gasteiger partial charge < -0.3 is 21.3 Å². The highest BCUT2D eigenvalue weighted by atomic mass is 16.1. The summed E-state index contributed by atoms with van der Waals surface area (Å²) in [6.45, 7) is 12.1. The minimum Gasteiger partial charge on any atom is -0.368 e. The molecule has 0 heterocycles. The summed E-state index contributed by atoms with van der Waals surface area (Å²) in [6, 6.07) is -0.552. The number of likely N-dealkylation sites (N-methyl/N-ethyl adjacent to an activating group) is 1. The second kappa shape index (κ2) is 9.39. The van der Waals surface area contributed by atoms with Gasteiger partial charge in [-0.3, -0.25) is 4.79 Å². The van der Waals surface area contributed by atoms with E-state index in [1.54, 1.807) is 0 Å². The topological polar surface area (TPSA) is 75.6 Å². The summed E-state index contributed by atoms with van der Waals surface area (Å²) in [5, 5.41) is 0. The molecular weight excluding hydrogens is 216 g/mol. The molecule has 0 aliphatic rings. The Kier molecular flexibility index (Phi) is 9.03. The van der Waals surface area contributed by atoms with Gasteiger partial charge in [0.25, 0.3) is 0 Å². The van der Waals surface area contributed by atoms with Crippen LogP contribution in [0.5, 0.6) is 0 Å². The molecule has 0 spiro atoms. The van der Waals surface area contributed by atoms with Crippen LogP contribution in [0.4, 0.5) is 0 Å². The smallest absolute Gasteiger partial charge is 0.235 e. The van der Waals surface area contributed by atoms with Crippen molar-refractivity contribution in [3.05, 3.63) is 0 Å². The van der Waals surface area contributed by atoms with Gasteiger partial charge in [0.1, 0.15) is 0 Å². The summed E-state index contributed by atoms with van der Waals surface area (Å²) in [6.07, 6.45) is 1.10. The molecule has 4 N–H and O–H groups in total. The zero-order valence-electron chi connectivity index (χ0n) is 11.5. The molecule has 0 aliphatic carbocycles. The van der Waals surface area contributed by atoms with Gasteiger partial charge in [0.05, 0.1) is 6.04 Å². The third-order valence-corrected chi connectivity index (χ3v) is 3.11. The third kappa shape index (κ3) is 7.31. The quantitative estimate of drug-likeness (QED) is 0.560. The van der Waals surface area contributed by atoms with E-state index in [-0.39, 0.29) is 0 Å². The van der Waals surface area contributed by atoms with Gasteiger partial charge in [-0.1, -0.05) is 20.8 Å². The highest BCUT2D eigenvalue weighted by Gasteiger charge is 2.13. The first kappa shape index (κ1) is 16.4. The Balaban J connectivity index is 3.85.